The molecule has 1 unspecified atom stereocenters. The molecular weight excluding hydrogens is 387 g/mol. The predicted octanol–water partition coefficient (Wildman–Crippen LogP) is 2.77. The first-order valence-corrected chi connectivity index (χ1v) is 10.6. The van der Waals surface area contributed by atoms with Crippen molar-refractivity contribution in [3.8, 4) is 0 Å². The lowest BCUT2D eigenvalue weighted by molar-refractivity contribution is 0.130. The van der Waals surface area contributed by atoms with Crippen molar-refractivity contribution in [2.24, 2.45) is 0 Å². The molecule has 0 saturated carbocycles. The molecule has 2 aliphatic rings. The van der Waals surface area contributed by atoms with E-state index in [2.05, 4.69) is 15.0 Å². The van der Waals surface area contributed by atoms with Crippen molar-refractivity contribution in [3.63, 3.8) is 0 Å². The average molecular weight is 412 g/mol. The smallest absolute Gasteiger partial charge is 0.256 e. The van der Waals surface area contributed by atoms with Gasteiger partial charge in [-0.05, 0) is 57.3 Å². The molecule has 1 N–H and O–H groups in total. The van der Waals surface area contributed by atoms with Gasteiger partial charge in [-0.3, -0.25) is 9.36 Å². The van der Waals surface area contributed by atoms with Crippen molar-refractivity contribution in [3.05, 3.63) is 57.6 Å². The lowest BCUT2D eigenvalue weighted by atomic mass is 9.91. The van der Waals surface area contributed by atoms with Crippen LogP contribution in [0.5, 0.6) is 0 Å². The van der Waals surface area contributed by atoms with Crippen LogP contribution in [0.1, 0.15) is 54.8 Å². The average Bonchev–Trinajstić information content (AvgIpc) is 3.17. The quantitative estimate of drug-likeness (QED) is 0.709. The summed E-state index contributed by atoms with van der Waals surface area (Å²) < 4.78 is 20.3. The summed E-state index contributed by atoms with van der Waals surface area (Å²) in [5.74, 6) is 0.475. The van der Waals surface area contributed by atoms with Crippen LogP contribution in [0.3, 0.4) is 0 Å². The second-order valence-electron chi connectivity index (χ2n) is 8.33. The summed E-state index contributed by atoms with van der Waals surface area (Å²) in [5, 5.41) is 15.1. The van der Waals surface area contributed by atoms with E-state index in [-0.39, 0.29) is 11.4 Å². The molecule has 1 fully saturated rings. The molecule has 5 rings (SSSR count). The molecule has 1 saturated heterocycles. The molecule has 1 atom stereocenters. The fourth-order valence-electron chi connectivity index (χ4n) is 4.71. The first kappa shape index (κ1) is 19.4. The van der Waals surface area contributed by atoms with E-state index in [1.807, 2.05) is 0 Å². The number of hydrogen-bond donors (Lipinski definition) is 1. The highest BCUT2D eigenvalue weighted by Crippen LogP contribution is 2.32. The number of fused-ring (bicyclic) bond motifs is 2. The fraction of sp³-hybridized carbons (Fsp3) is 0.500. The van der Waals surface area contributed by atoms with Crippen molar-refractivity contribution in [1.82, 2.24) is 19.6 Å². The highest BCUT2D eigenvalue weighted by Gasteiger charge is 2.26. The van der Waals surface area contributed by atoms with Crippen LogP contribution < -0.4 is 5.56 Å². The van der Waals surface area contributed by atoms with E-state index < -0.39 is 6.10 Å². The number of aliphatic hydroxyl groups excluding tert-OH is 1. The van der Waals surface area contributed by atoms with Crippen molar-refractivity contribution >= 4 is 11.0 Å². The Bertz CT molecular complexity index is 1120. The van der Waals surface area contributed by atoms with Crippen molar-refractivity contribution in [2.45, 2.75) is 50.7 Å². The highest BCUT2D eigenvalue weighted by atomic mass is 19.1. The molecule has 158 valence electrons. The Hall–Kier alpha value is -2.58. The minimum Gasteiger partial charge on any atom is -0.385 e. The topological polar surface area (TPSA) is 84.4 Å². The Morgan fingerprint density at radius 2 is 2.03 bits per heavy atom. The lowest BCUT2D eigenvalue weighted by Crippen LogP contribution is -2.37. The van der Waals surface area contributed by atoms with Gasteiger partial charge in [-0.15, -0.1) is 0 Å². The monoisotopic (exact) mass is 412 g/mol. The maximum atomic E-state index is 13.4. The van der Waals surface area contributed by atoms with Gasteiger partial charge in [0.1, 0.15) is 17.7 Å². The molecule has 2 aliphatic heterocycles. The number of halogens is 1. The van der Waals surface area contributed by atoms with Crippen LogP contribution in [0.25, 0.3) is 11.0 Å². The van der Waals surface area contributed by atoms with Crippen LogP contribution in [-0.4, -0.2) is 44.3 Å². The summed E-state index contributed by atoms with van der Waals surface area (Å²) in [4.78, 5) is 19.4. The van der Waals surface area contributed by atoms with Gasteiger partial charge in [0.05, 0.1) is 5.69 Å². The number of piperidine rings is 1. The third-order valence-electron chi connectivity index (χ3n) is 6.44. The summed E-state index contributed by atoms with van der Waals surface area (Å²) in [6, 6.07) is 4.57. The molecular formula is C22H25FN4O3. The van der Waals surface area contributed by atoms with Gasteiger partial charge >= 0.3 is 0 Å². The Balaban J connectivity index is 1.21. The summed E-state index contributed by atoms with van der Waals surface area (Å²) in [6.45, 7) is 3.26. The van der Waals surface area contributed by atoms with Crippen LogP contribution in [-0.2, 0) is 13.0 Å². The molecule has 2 aromatic heterocycles. The molecule has 4 heterocycles. The fourth-order valence-corrected chi connectivity index (χ4v) is 4.71. The van der Waals surface area contributed by atoms with E-state index in [9.17, 15) is 14.3 Å². The van der Waals surface area contributed by atoms with Crippen molar-refractivity contribution in [1.29, 1.82) is 0 Å². The van der Waals surface area contributed by atoms with Gasteiger partial charge < -0.3 is 14.5 Å². The van der Waals surface area contributed by atoms with Crippen LogP contribution >= 0.6 is 0 Å². The summed E-state index contributed by atoms with van der Waals surface area (Å²) in [7, 11) is 0. The van der Waals surface area contributed by atoms with E-state index in [0.29, 0.717) is 42.3 Å². The molecule has 0 amide bonds. The number of nitrogens with zero attached hydrogens (tertiary/aromatic N) is 4. The number of benzene rings is 1. The molecule has 1 aromatic carbocycles. The summed E-state index contributed by atoms with van der Waals surface area (Å²) >= 11 is 0. The third kappa shape index (κ3) is 3.54. The zero-order valence-corrected chi connectivity index (χ0v) is 16.8. The zero-order valence-electron chi connectivity index (χ0n) is 16.8. The van der Waals surface area contributed by atoms with Gasteiger partial charge in [-0.2, -0.15) is 0 Å². The predicted molar refractivity (Wildman–Crippen MR) is 109 cm³/mol. The van der Waals surface area contributed by atoms with Gasteiger partial charge in [-0.25, -0.2) is 9.37 Å². The second kappa shape index (κ2) is 7.92. The molecule has 0 radical (unpaired) electrons. The lowest BCUT2D eigenvalue weighted by Gasteiger charge is -2.31. The SMILES string of the molecule is O=c1c(CCN2CCC(c3noc4cc(F)ccc34)CC2)cnc2n1CCCC2O. The van der Waals surface area contributed by atoms with E-state index in [1.165, 1.54) is 12.1 Å². The molecule has 3 aromatic rings. The van der Waals surface area contributed by atoms with Crippen molar-refractivity contribution < 1.29 is 14.0 Å². The van der Waals surface area contributed by atoms with E-state index in [0.717, 1.165) is 50.0 Å². The number of aromatic nitrogens is 3. The van der Waals surface area contributed by atoms with Crippen LogP contribution in [0.15, 0.2) is 33.7 Å². The number of hydrogen-bond acceptors (Lipinski definition) is 6. The summed E-state index contributed by atoms with van der Waals surface area (Å²) in [5.41, 5.74) is 2.10. The maximum absolute atomic E-state index is 13.4. The second-order valence-corrected chi connectivity index (χ2v) is 8.33. The Morgan fingerprint density at radius 1 is 1.20 bits per heavy atom. The van der Waals surface area contributed by atoms with E-state index >= 15 is 0 Å². The first-order valence-electron chi connectivity index (χ1n) is 10.6. The third-order valence-corrected chi connectivity index (χ3v) is 6.44. The minimum absolute atomic E-state index is 0.0186. The zero-order chi connectivity index (χ0) is 20.7. The molecule has 0 bridgehead atoms. The van der Waals surface area contributed by atoms with Gasteiger partial charge in [-0.1, -0.05) is 5.16 Å². The number of rotatable bonds is 4. The Kier molecular flexibility index (Phi) is 5.12. The van der Waals surface area contributed by atoms with Gasteiger partial charge in [0.15, 0.2) is 5.58 Å². The highest BCUT2D eigenvalue weighted by molar-refractivity contribution is 5.79. The van der Waals surface area contributed by atoms with Crippen LogP contribution in [0.2, 0.25) is 0 Å². The van der Waals surface area contributed by atoms with Crippen molar-refractivity contribution in [2.75, 3.05) is 19.6 Å². The molecule has 7 nitrogen and oxygen atoms in total. The number of aliphatic hydroxyl groups is 1. The largest absolute Gasteiger partial charge is 0.385 e. The van der Waals surface area contributed by atoms with Crippen LogP contribution in [0.4, 0.5) is 4.39 Å². The normalized spacial score (nSPS) is 20.5. The standard InChI is InChI=1S/C22H25FN4O3/c23-16-3-4-17-19(12-16)30-25-20(17)14-5-9-26(10-6-14)11-7-15-13-24-21-18(28)2-1-8-27(21)22(15)29/h3-4,12-14,18,28H,1-2,5-11H2. The maximum Gasteiger partial charge on any atom is 0.256 e. The molecule has 30 heavy (non-hydrogen) atoms. The minimum atomic E-state index is -0.636. The summed E-state index contributed by atoms with van der Waals surface area (Å²) in [6.07, 6.45) is 5.02. The van der Waals surface area contributed by atoms with Gasteiger partial charge in [0.25, 0.3) is 5.56 Å². The van der Waals surface area contributed by atoms with Crippen LogP contribution in [0, 0.1) is 5.82 Å². The van der Waals surface area contributed by atoms with Gasteiger partial charge in [0, 0.05) is 42.2 Å². The van der Waals surface area contributed by atoms with Gasteiger partial charge in [0.2, 0.25) is 0 Å². The number of likely N-dealkylation sites (tertiary alicyclic amines) is 1. The molecule has 8 heteroatoms. The Morgan fingerprint density at radius 3 is 2.87 bits per heavy atom. The Labute approximate surface area is 173 Å². The van der Waals surface area contributed by atoms with E-state index in [4.69, 9.17) is 4.52 Å². The molecule has 0 aliphatic carbocycles. The molecule has 0 spiro atoms. The van der Waals surface area contributed by atoms with E-state index in [1.54, 1.807) is 16.8 Å². The first-order chi connectivity index (χ1) is 14.6.